The Bertz CT molecular complexity index is 693. The first-order valence-corrected chi connectivity index (χ1v) is 7.26. The van der Waals surface area contributed by atoms with Crippen LogP contribution in [0, 0.1) is 11.3 Å². The van der Waals surface area contributed by atoms with Crippen LogP contribution in [0.1, 0.15) is 17.7 Å². The average molecular weight is 293 g/mol. The van der Waals surface area contributed by atoms with E-state index in [1.807, 2.05) is 54.2 Å². The molecule has 112 valence electrons. The van der Waals surface area contributed by atoms with Crippen molar-refractivity contribution in [2.75, 3.05) is 6.54 Å². The van der Waals surface area contributed by atoms with Crippen LogP contribution in [-0.2, 0) is 18.3 Å². The fourth-order valence-electron chi connectivity index (χ4n) is 2.16. The second-order valence-corrected chi connectivity index (χ2v) is 5.06. The van der Waals surface area contributed by atoms with Crippen LogP contribution in [0.25, 0.3) is 6.08 Å². The minimum atomic E-state index is -0.322. The third-order valence-corrected chi connectivity index (χ3v) is 3.41. The van der Waals surface area contributed by atoms with E-state index >= 15 is 0 Å². The van der Waals surface area contributed by atoms with Gasteiger partial charge in [-0.1, -0.05) is 30.3 Å². The first-order valence-electron chi connectivity index (χ1n) is 7.26. The molecular formula is C18H19N3O. The predicted molar refractivity (Wildman–Crippen MR) is 86.8 cm³/mol. The monoisotopic (exact) mass is 293 g/mol. The summed E-state index contributed by atoms with van der Waals surface area (Å²) in [7, 11) is 1.87. The number of hydrogen-bond donors (Lipinski definition) is 1. The van der Waals surface area contributed by atoms with Crippen molar-refractivity contribution < 1.29 is 4.79 Å². The minimum absolute atomic E-state index is 0.126. The van der Waals surface area contributed by atoms with Gasteiger partial charge in [-0.3, -0.25) is 4.79 Å². The van der Waals surface area contributed by atoms with Gasteiger partial charge in [0.05, 0.1) is 0 Å². The molecule has 0 aliphatic rings. The number of nitrogens with one attached hydrogen (secondary N) is 1. The van der Waals surface area contributed by atoms with Gasteiger partial charge < -0.3 is 9.88 Å². The Hall–Kier alpha value is -2.80. The molecule has 1 aromatic carbocycles. The Kier molecular flexibility index (Phi) is 5.56. The van der Waals surface area contributed by atoms with Crippen LogP contribution in [0.2, 0.25) is 0 Å². The summed E-state index contributed by atoms with van der Waals surface area (Å²) in [5, 5.41) is 11.9. The molecule has 22 heavy (non-hydrogen) atoms. The van der Waals surface area contributed by atoms with Crippen LogP contribution in [0.3, 0.4) is 0 Å². The Balaban J connectivity index is 1.84. The Labute approximate surface area is 130 Å². The second kappa shape index (κ2) is 7.84. The number of hydrogen-bond acceptors (Lipinski definition) is 2. The minimum Gasteiger partial charge on any atom is -0.351 e. The molecule has 0 unspecified atom stereocenters. The summed E-state index contributed by atoms with van der Waals surface area (Å²) in [6.45, 7) is 0.555. The number of benzene rings is 1. The summed E-state index contributed by atoms with van der Waals surface area (Å²) >= 11 is 0. The summed E-state index contributed by atoms with van der Waals surface area (Å²) in [6, 6.07) is 15.8. The van der Waals surface area contributed by atoms with E-state index < -0.39 is 0 Å². The van der Waals surface area contributed by atoms with Crippen molar-refractivity contribution in [1.82, 2.24) is 9.88 Å². The van der Waals surface area contributed by atoms with E-state index in [2.05, 4.69) is 17.4 Å². The van der Waals surface area contributed by atoms with Crippen LogP contribution in [0.5, 0.6) is 0 Å². The lowest BCUT2D eigenvalue weighted by Crippen LogP contribution is -2.25. The summed E-state index contributed by atoms with van der Waals surface area (Å²) in [5.74, 6) is -0.322. The molecule has 2 rings (SSSR count). The molecule has 0 bridgehead atoms. The maximum absolute atomic E-state index is 12.0. The van der Waals surface area contributed by atoms with E-state index in [-0.39, 0.29) is 11.5 Å². The average Bonchev–Trinajstić information content (AvgIpc) is 2.95. The molecule has 1 aromatic heterocycles. The molecule has 0 fully saturated rings. The number of aryl methyl sites for hydroxylation is 2. The van der Waals surface area contributed by atoms with Crippen LogP contribution in [0.4, 0.5) is 0 Å². The lowest BCUT2D eigenvalue weighted by atomic mass is 10.1. The Morgan fingerprint density at radius 1 is 1.27 bits per heavy atom. The standard InChI is InChI=1S/C18H19N3O/c1-21-12-6-10-17(21)13-16(14-19)18(22)20-11-5-9-15-7-3-2-4-8-15/h2-4,6-8,10,12-13H,5,9,11H2,1H3,(H,20,22)/b16-13-. The van der Waals surface area contributed by atoms with E-state index in [1.165, 1.54) is 5.56 Å². The number of carbonyl (C=O) groups excluding carboxylic acids is 1. The van der Waals surface area contributed by atoms with Crippen molar-refractivity contribution in [3.8, 4) is 6.07 Å². The molecule has 4 nitrogen and oxygen atoms in total. The van der Waals surface area contributed by atoms with E-state index in [0.717, 1.165) is 18.5 Å². The molecule has 2 aromatic rings. The predicted octanol–water partition coefficient (Wildman–Crippen LogP) is 2.68. The molecular weight excluding hydrogens is 274 g/mol. The molecule has 0 atom stereocenters. The quantitative estimate of drug-likeness (QED) is 0.506. The summed E-state index contributed by atoms with van der Waals surface area (Å²) in [6.07, 6.45) is 5.23. The smallest absolute Gasteiger partial charge is 0.262 e. The molecule has 1 amide bonds. The number of carbonyl (C=O) groups is 1. The summed E-state index contributed by atoms with van der Waals surface area (Å²) in [4.78, 5) is 12.0. The van der Waals surface area contributed by atoms with Crippen LogP contribution in [-0.4, -0.2) is 17.0 Å². The highest BCUT2D eigenvalue weighted by molar-refractivity contribution is 6.01. The van der Waals surface area contributed by atoms with Crippen molar-refractivity contribution >= 4 is 12.0 Å². The third-order valence-electron chi connectivity index (χ3n) is 3.41. The van der Waals surface area contributed by atoms with Gasteiger partial charge in [-0.05, 0) is 36.6 Å². The zero-order chi connectivity index (χ0) is 15.8. The third kappa shape index (κ3) is 4.35. The lowest BCUT2D eigenvalue weighted by molar-refractivity contribution is -0.117. The lowest BCUT2D eigenvalue weighted by Gasteiger charge is -2.05. The van der Waals surface area contributed by atoms with Crippen LogP contribution < -0.4 is 5.32 Å². The topological polar surface area (TPSA) is 57.8 Å². The molecule has 0 saturated heterocycles. The van der Waals surface area contributed by atoms with Crippen LogP contribution >= 0.6 is 0 Å². The maximum Gasteiger partial charge on any atom is 0.262 e. The first-order chi connectivity index (χ1) is 10.7. The van der Waals surface area contributed by atoms with Crippen molar-refractivity contribution in [1.29, 1.82) is 5.26 Å². The maximum atomic E-state index is 12.0. The van der Waals surface area contributed by atoms with E-state index in [1.54, 1.807) is 6.08 Å². The summed E-state index contributed by atoms with van der Waals surface area (Å²) in [5.41, 5.74) is 2.20. The highest BCUT2D eigenvalue weighted by Gasteiger charge is 2.09. The van der Waals surface area contributed by atoms with Crippen molar-refractivity contribution in [2.24, 2.45) is 7.05 Å². The zero-order valence-electron chi connectivity index (χ0n) is 12.6. The fourth-order valence-corrected chi connectivity index (χ4v) is 2.16. The van der Waals surface area contributed by atoms with Gasteiger partial charge >= 0.3 is 0 Å². The highest BCUT2D eigenvalue weighted by atomic mass is 16.1. The van der Waals surface area contributed by atoms with E-state index in [9.17, 15) is 4.79 Å². The number of rotatable bonds is 6. The van der Waals surface area contributed by atoms with Gasteiger partial charge in [-0.2, -0.15) is 5.26 Å². The number of nitriles is 1. The molecule has 0 radical (unpaired) electrons. The Morgan fingerprint density at radius 2 is 2.05 bits per heavy atom. The first kappa shape index (κ1) is 15.6. The molecule has 0 spiro atoms. The molecule has 1 N–H and O–H groups in total. The van der Waals surface area contributed by atoms with Gasteiger partial charge in [0.25, 0.3) is 5.91 Å². The zero-order valence-corrected chi connectivity index (χ0v) is 12.6. The van der Waals surface area contributed by atoms with Crippen molar-refractivity contribution in [2.45, 2.75) is 12.8 Å². The summed E-state index contributed by atoms with van der Waals surface area (Å²) < 4.78 is 1.86. The van der Waals surface area contributed by atoms with Gasteiger partial charge in [0, 0.05) is 25.5 Å². The molecule has 0 aliphatic carbocycles. The molecule has 4 heteroatoms. The van der Waals surface area contributed by atoms with Crippen LogP contribution in [0.15, 0.2) is 54.2 Å². The number of nitrogens with zero attached hydrogens (tertiary/aromatic N) is 2. The van der Waals surface area contributed by atoms with Crippen molar-refractivity contribution in [3.63, 3.8) is 0 Å². The SMILES string of the molecule is Cn1cccc1/C=C(/C#N)C(=O)NCCCc1ccccc1. The largest absolute Gasteiger partial charge is 0.351 e. The molecule has 1 heterocycles. The molecule has 0 saturated carbocycles. The fraction of sp³-hybridized carbons (Fsp3) is 0.222. The number of amides is 1. The Morgan fingerprint density at radius 3 is 2.68 bits per heavy atom. The van der Waals surface area contributed by atoms with Gasteiger partial charge in [0.1, 0.15) is 11.6 Å². The van der Waals surface area contributed by atoms with Gasteiger partial charge in [-0.15, -0.1) is 0 Å². The number of aromatic nitrogens is 1. The van der Waals surface area contributed by atoms with E-state index in [4.69, 9.17) is 5.26 Å². The normalized spacial score (nSPS) is 11.0. The van der Waals surface area contributed by atoms with Gasteiger partial charge in [-0.25, -0.2) is 0 Å². The second-order valence-electron chi connectivity index (χ2n) is 5.06. The van der Waals surface area contributed by atoms with Gasteiger partial charge in [0.2, 0.25) is 0 Å². The molecule has 0 aliphatic heterocycles. The van der Waals surface area contributed by atoms with Crippen molar-refractivity contribution in [3.05, 3.63) is 65.5 Å². The highest BCUT2D eigenvalue weighted by Crippen LogP contribution is 2.07. The van der Waals surface area contributed by atoms with Gasteiger partial charge in [0.15, 0.2) is 0 Å². The van der Waals surface area contributed by atoms with E-state index in [0.29, 0.717) is 6.54 Å².